The maximum absolute atomic E-state index is 10.7. The van der Waals surface area contributed by atoms with E-state index in [9.17, 15) is 4.79 Å². The van der Waals surface area contributed by atoms with E-state index in [2.05, 4.69) is 28.9 Å². The Kier molecular flexibility index (Phi) is 2.96. The molecule has 5 nitrogen and oxygen atoms in total. The van der Waals surface area contributed by atoms with Crippen molar-refractivity contribution in [3.05, 3.63) is 17.5 Å². The van der Waals surface area contributed by atoms with Crippen LogP contribution in [0, 0.1) is 0 Å². The molecule has 88 valence electrons. The van der Waals surface area contributed by atoms with Crippen molar-refractivity contribution in [3.8, 4) is 0 Å². The van der Waals surface area contributed by atoms with Crippen LogP contribution in [-0.2, 0) is 0 Å². The molecule has 2 N–H and O–H groups in total. The van der Waals surface area contributed by atoms with Gasteiger partial charge in [0, 0.05) is 24.2 Å². The topological polar surface area (TPSA) is 69.2 Å². The number of nitrogens with one attached hydrogen (secondary N) is 1. The monoisotopic (exact) mass is 223 g/mol. The molecule has 1 aromatic rings. The maximum atomic E-state index is 10.7. The number of hydrogen-bond donors (Lipinski definition) is 2. The summed E-state index contributed by atoms with van der Waals surface area (Å²) in [5.41, 5.74) is 1.05. The van der Waals surface area contributed by atoms with E-state index in [1.54, 1.807) is 6.07 Å². The van der Waals surface area contributed by atoms with Crippen LogP contribution in [0.2, 0.25) is 0 Å². The van der Waals surface area contributed by atoms with Crippen LogP contribution in [-0.4, -0.2) is 45.3 Å². The van der Waals surface area contributed by atoms with Gasteiger partial charge in [0.2, 0.25) is 0 Å². The third kappa shape index (κ3) is 2.09. The molecule has 1 aromatic heterocycles. The minimum atomic E-state index is -0.971. The van der Waals surface area contributed by atoms with Gasteiger partial charge in [-0.1, -0.05) is 0 Å². The number of aromatic carboxylic acids is 1. The van der Waals surface area contributed by atoms with Crippen molar-refractivity contribution in [1.82, 2.24) is 15.1 Å². The fourth-order valence-electron chi connectivity index (χ4n) is 2.17. The van der Waals surface area contributed by atoms with Gasteiger partial charge in [-0.3, -0.25) is 5.10 Å². The Hall–Kier alpha value is -1.36. The molecule has 1 atom stereocenters. The van der Waals surface area contributed by atoms with Crippen molar-refractivity contribution in [3.63, 3.8) is 0 Å². The van der Waals surface area contributed by atoms with Gasteiger partial charge in [0.15, 0.2) is 5.69 Å². The van der Waals surface area contributed by atoms with Gasteiger partial charge in [-0.15, -0.1) is 0 Å². The first kappa shape index (κ1) is 11.1. The molecule has 1 aliphatic heterocycles. The molecule has 0 spiro atoms. The van der Waals surface area contributed by atoms with E-state index < -0.39 is 5.97 Å². The fourth-order valence-corrected chi connectivity index (χ4v) is 2.17. The lowest BCUT2D eigenvalue weighted by molar-refractivity contribution is 0.0690. The molecule has 16 heavy (non-hydrogen) atoms. The molecule has 1 aliphatic rings. The predicted molar refractivity (Wildman–Crippen MR) is 59.6 cm³/mol. The molecule has 0 aliphatic carbocycles. The first-order chi connectivity index (χ1) is 7.58. The molecule has 5 heteroatoms. The van der Waals surface area contributed by atoms with Gasteiger partial charge in [0.1, 0.15) is 0 Å². The third-order valence-electron chi connectivity index (χ3n) is 3.21. The first-order valence-electron chi connectivity index (χ1n) is 5.60. The molecular weight excluding hydrogens is 206 g/mol. The van der Waals surface area contributed by atoms with Gasteiger partial charge >= 0.3 is 5.97 Å². The van der Waals surface area contributed by atoms with Crippen LogP contribution in [0.1, 0.15) is 42.4 Å². The lowest BCUT2D eigenvalue weighted by Gasteiger charge is -2.19. The van der Waals surface area contributed by atoms with Crippen LogP contribution < -0.4 is 0 Å². The lowest BCUT2D eigenvalue weighted by atomic mass is 10.1. The van der Waals surface area contributed by atoms with E-state index in [4.69, 9.17) is 5.11 Å². The van der Waals surface area contributed by atoms with Gasteiger partial charge in [-0.25, -0.2) is 4.79 Å². The average Bonchev–Trinajstić information content (AvgIpc) is 2.86. The fraction of sp³-hybridized carbons (Fsp3) is 0.636. The summed E-state index contributed by atoms with van der Waals surface area (Å²) < 4.78 is 0. The van der Waals surface area contributed by atoms with Crippen LogP contribution in [0.15, 0.2) is 6.07 Å². The summed E-state index contributed by atoms with van der Waals surface area (Å²) in [6, 6.07) is 2.20. The number of hydrogen-bond acceptors (Lipinski definition) is 3. The molecule has 2 heterocycles. The van der Waals surface area contributed by atoms with Gasteiger partial charge in [-0.05, 0) is 32.9 Å². The van der Waals surface area contributed by atoms with Gasteiger partial charge in [-0.2, -0.15) is 5.10 Å². The van der Waals surface area contributed by atoms with Gasteiger partial charge < -0.3 is 10.0 Å². The highest BCUT2D eigenvalue weighted by Crippen LogP contribution is 2.27. The quantitative estimate of drug-likeness (QED) is 0.810. The molecule has 0 radical (unpaired) electrons. The number of nitrogens with zero attached hydrogens (tertiary/aromatic N) is 2. The number of carboxylic acid groups (broad SMARTS) is 1. The first-order valence-corrected chi connectivity index (χ1v) is 5.60. The summed E-state index contributed by atoms with van der Waals surface area (Å²) in [5, 5.41) is 15.4. The highest BCUT2D eigenvalue weighted by Gasteiger charge is 2.27. The summed E-state index contributed by atoms with van der Waals surface area (Å²) >= 11 is 0. The Morgan fingerprint density at radius 3 is 2.94 bits per heavy atom. The highest BCUT2D eigenvalue weighted by molar-refractivity contribution is 5.85. The van der Waals surface area contributed by atoms with Crippen molar-refractivity contribution < 1.29 is 9.90 Å². The van der Waals surface area contributed by atoms with Crippen molar-refractivity contribution >= 4 is 5.97 Å². The number of aromatic nitrogens is 2. The normalized spacial score (nSPS) is 21.8. The molecule has 0 aromatic carbocycles. The minimum absolute atomic E-state index is 0.109. The summed E-state index contributed by atoms with van der Waals surface area (Å²) in [7, 11) is 0. The molecule has 0 saturated carbocycles. The molecule has 0 amide bonds. The molecular formula is C11H17N3O2. The summed E-state index contributed by atoms with van der Waals surface area (Å²) in [4.78, 5) is 13.1. The number of likely N-dealkylation sites (tertiary alicyclic amines) is 1. The van der Waals surface area contributed by atoms with E-state index in [1.165, 1.54) is 0 Å². The zero-order chi connectivity index (χ0) is 11.7. The second-order valence-electron chi connectivity index (χ2n) is 4.59. The molecule has 2 rings (SSSR count). The number of H-pyrrole nitrogens is 1. The number of carboxylic acids is 1. The SMILES string of the molecule is CC(C)N1CCC(c2cc(C(=O)O)n[nH]2)C1. The Bertz CT molecular complexity index is 386. The van der Waals surface area contributed by atoms with Crippen LogP contribution >= 0.6 is 0 Å². The standard InChI is InChI=1S/C11H17N3O2/c1-7(2)14-4-3-8(6-14)9-5-10(11(15)16)13-12-9/h5,7-8H,3-4,6H2,1-2H3,(H,12,13)(H,15,16). The third-order valence-corrected chi connectivity index (χ3v) is 3.21. The van der Waals surface area contributed by atoms with E-state index >= 15 is 0 Å². The van der Waals surface area contributed by atoms with E-state index in [1.807, 2.05) is 0 Å². The largest absolute Gasteiger partial charge is 0.476 e. The van der Waals surface area contributed by atoms with Crippen molar-refractivity contribution in [2.24, 2.45) is 0 Å². The van der Waals surface area contributed by atoms with Crippen LogP contribution in [0.4, 0.5) is 0 Å². The van der Waals surface area contributed by atoms with Crippen LogP contribution in [0.25, 0.3) is 0 Å². The zero-order valence-corrected chi connectivity index (χ0v) is 9.60. The van der Waals surface area contributed by atoms with Crippen LogP contribution in [0.3, 0.4) is 0 Å². The second-order valence-corrected chi connectivity index (χ2v) is 4.59. The van der Waals surface area contributed by atoms with E-state index in [0.717, 1.165) is 25.2 Å². The molecule has 1 unspecified atom stereocenters. The van der Waals surface area contributed by atoms with Crippen molar-refractivity contribution in [2.45, 2.75) is 32.2 Å². The molecule has 0 bridgehead atoms. The smallest absolute Gasteiger partial charge is 0.356 e. The number of carbonyl (C=O) groups is 1. The Balaban J connectivity index is 2.06. The van der Waals surface area contributed by atoms with Crippen LogP contribution in [0.5, 0.6) is 0 Å². The Morgan fingerprint density at radius 2 is 2.44 bits per heavy atom. The molecule has 1 saturated heterocycles. The van der Waals surface area contributed by atoms with E-state index in [0.29, 0.717) is 12.0 Å². The number of aromatic amines is 1. The van der Waals surface area contributed by atoms with Gasteiger partial charge in [0.05, 0.1) is 0 Å². The highest BCUT2D eigenvalue weighted by atomic mass is 16.4. The summed E-state index contributed by atoms with van der Waals surface area (Å²) in [5.74, 6) is -0.579. The predicted octanol–water partition coefficient (Wildman–Crippen LogP) is 1.31. The minimum Gasteiger partial charge on any atom is -0.476 e. The Labute approximate surface area is 94.5 Å². The van der Waals surface area contributed by atoms with Crippen molar-refractivity contribution in [1.29, 1.82) is 0 Å². The Morgan fingerprint density at radius 1 is 1.69 bits per heavy atom. The van der Waals surface area contributed by atoms with Crippen molar-refractivity contribution in [2.75, 3.05) is 13.1 Å². The second kappa shape index (κ2) is 4.25. The lowest BCUT2D eigenvalue weighted by Crippen LogP contribution is -2.27. The number of rotatable bonds is 3. The summed E-state index contributed by atoms with van der Waals surface area (Å²) in [6.07, 6.45) is 1.07. The summed E-state index contributed by atoms with van der Waals surface area (Å²) in [6.45, 7) is 6.42. The maximum Gasteiger partial charge on any atom is 0.356 e. The zero-order valence-electron chi connectivity index (χ0n) is 9.60. The molecule has 1 fully saturated rings. The van der Waals surface area contributed by atoms with Gasteiger partial charge in [0.25, 0.3) is 0 Å². The average molecular weight is 223 g/mol. The van der Waals surface area contributed by atoms with E-state index in [-0.39, 0.29) is 5.69 Å².